The van der Waals surface area contributed by atoms with Crippen molar-refractivity contribution in [3.63, 3.8) is 0 Å². The third-order valence-corrected chi connectivity index (χ3v) is 20.8. The second kappa shape index (κ2) is 75.2. The zero-order valence-electron chi connectivity index (χ0n) is 65.5. The van der Waals surface area contributed by atoms with Gasteiger partial charge in [0.2, 0.25) is 11.4 Å². The Morgan fingerprint density at radius 1 is 0.271 bits per heavy atom. The van der Waals surface area contributed by atoms with Gasteiger partial charge in [-0.25, -0.2) is 4.70 Å². The molecule has 0 radical (unpaired) electrons. The average Bonchev–Trinajstić information content (AvgIpc) is 1.61. The number of hydrogen-bond acceptors (Lipinski definition) is 0. The summed E-state index contributed by atoms with van der Waals surface area (Å²) in [5.74, 6) is 0. The molecule has 0 aliphatic carbocycles. The maximum Gasteiger partial charge on any atom is 2.00 e. The van der Waals surface area contributed by atoms with Crippen molar-refractivity contribution < 1.29 is 21.2 Å². The molecule has 0 atom stereocenters. The SMILES string of the molecule is CCCCCCCCCCCCCCCC1=C(c2cccc(CC)c2)[N+](=[N-])C(c2cccc(CC)c2)=C1CCCC.[CH-]=CCCCCCCCCCCCCCCCCCCCCCCCCC.[CH-]=CCCCCCCCCCCCCCCCCCCCCCCCCC.[Ni+2]. The maximum absolute atomic E-state index is 11.8. The van der Waals surface area contributed by atoms with Crippen LogP contribution in [-0.2, 0) is 29.3 Å². The fourth-order valence-electron chi connectivity index (χ4n) is 14.4. The van der Waals surface area contributed by atoms with E-state index in [0.29, 0.717) is 0 Å². The van der Waals surface area contributed by atoms with E-state index in [1.54, 1.807) is 16.8 Å². The van der Waals surface area contributed by atoms with Gasteiger partial charge in [-0.2, -0.15) is 0 Å². The Morgan fingerprint density at radius 3 is 0.677 bits per heavy atom. The molecule has 3 rings (SSSR count). The molecule has 2 nitrogen and oxygen atoms in total. The van der Waals surface area contributed by atoms with Gasteiger partial charge >= 0.3 is 16.5 Å². The molecule has 0 saturated carbocycles. The molecule has 0 fully saturated rings. The maximum atomic E-state index is 11.8. The van der Waals surface area contributed by atoms with Crippen molar-refractivity contribution in [2.24, 2.45) is 0 Å². The monoisotopic (exact) mass is 1370 g/mol. The number of hydrogen-bond donors (Lipinski definition) is 0. The van der Waals surface area contributed by atoms with Crippen LogP contribution >= 0.6 is 0 Å². The van der Waals surface area contributed by atoms with Crippen LogP contribution in [0.15, 0.2) is 71.8 Å². The second-order valence-corrected chi connectivity index (χ2v) is 29.8. The van der Waals surface area contributed by atoms with Gasteiger partial charge in [0.1, 0.15) is 0 Å². The van der Waals surface area contributed by atoms with Gasteiger partial charge in [-0.1, -0.05) is 457 Å². The van der Waals surface area contributed by atoms with Gasteiger partial charge in [0.25, 0.3) is 0 Å². The van der Waals surface area contributed by atoms with Gasteiger partial charge in [0.15, 0.2) is 0 Å². The zero-order valence-corrected chi connectivity index (χ0v) is 66.5. The number of benzene rings is 2. The molecule has 0 N–H and O–H groups in total. The number of allylic oxidation sites excluding steroid dienone is 4. The molecular weight excluding hydrogens is 1200 g/mol. The fraction of sp³-hybridized carbons (Fsp3) is 0.785. The summed E-state index contributed by atoms with van der Waals surface area (Å²) in [5, 5.41) is 0. The van der Waals surface area contributed by atoms with Gasteiger partial charge < -0.3 is 18.7 Å². The first-order chi connectivity index (χ1) is 47.0. The molecule has 1 aliphatic heterocycles. The summed E-state index contributed by atoms with van der Waals surface area (Å²) in [6.07, 6.45) is 96.8. The first kappa shape index (κ1) is 93.5. The van der Waals surface area contributed by atoms with Crippen molar-refractivity contribution >= 4 is 11.4 Å². The first-order valence-electron chi connectivity index (χ1n) is 43.2. The van der Waals surface area contributed by atoms with Gasteiger partial charge in [0, 0.05) is 22.3 Å². The smallest absolute Gasteiger partial charge is 0.518 e. The summed E-state index contributed by atoms with van der Waals surface area (Å²) in [4.78, 5) is 0. The molecular formula is C93H164N2Ni. The standard InChI is InChI=1S/C39H58N2.2C27H53.Ni/c1-5-9-11-12-13-14-15-16-17-18-19-20-21-29-37-36(28-10-6-2)38(34-26-22-24-32(7-3)30-34)41(40)39(37)35-27-23-25-33(8-4)31-35;2*1-3-5-7-9-11-13-15-17-19-21-23-25-27-26-24-22-20-18-16-14-12-10-8-6-4-2;/h22-27,30-31H,5-21,28-29H2,1-4H3;2*1,3H,4-27H2,2H3;/q;2*-1;+2. The average molecular weight is 1370 g/mol. The van der Waals surface area contributed by atoms with Crippen LogP contribution in [0.1, 0.15) is 481 Å². The van der Waals surface area contributed by atoms with Crippen molar-refractivity contribution in [2.75, 3.05) is 0 Å². The van der Waals surface area contributed by atoms with Gasteiger partial charge in [0.05, 0.1) is 0 Å². The minimum absolute atomic E-state index is 0. The van der Waals surface area contributed by atoms with Crippen LogP contribution in [0.25, 0.3) is 16.9 Å². The molecule has 0 bridgehead atoms. The van der Waals surface area contributed by atoms with Crippen LogP contribution in [0, 0.1) is 13.2 Å². The van der Waals surface area contributed by atoms with Gasteiger partial charge in [-0.3, -0.25) is 12.2 Å². The Hall–Kier alpha value is -2.51. The Labute approximate surface area is 613 Å². The first-order valence-corrected chi connectivity index (χ1v) is 43.2. The van der Waals surface area contributed by atoms with Crippen LogP contribution < -0.4 is 0 Å². The minimum Gasteiger partial charge on any atom is -0.518 e. The molecule has 2 aromatic carbocycles. The normalized spacial score (nSPS) is 12.1. The van der Waals surface area contributed by atoms with Crippen molar-refractivity contribution in [1.29, 1.82) is 0 Å². The van der Waals surface area contributed by atoms with Crippen LogP contribution in [0.3, 0.4) is 0 Å². The Kier molecular flexibility index (Phi) is 73.2. The molecule has 96 heavy (non-hydrogen) atoms. The van der Waals surface area contributed by atoms with Crippen LogP contribution in [0.5, 0.6) is 0 Å². The Balaban J connectivity index is 0.00000146. The third-order valence-electron chi connectivity index (χ3n) is 20.8. The van der Waals surface area contributed by atoms with Gasteiger partial charge in [-0.05, 0) is 73.9 Å². The zero-order chi connectivity index (χ0) is 68.6. The number of nitrogens with zero attached hydrogens (tertiary/aromatic N) is 2. The molecule has 0 unspecified atom stereocenters. The number of rotatable bonds is 69. The summed E-state index contributed by atoms with van der Waals surface area (Å²) in [6, 6.07) is 17.6. The molecule has 556 valence electrons. The van der Waals surface area contributed by atoms with E-state index in [2.05, 4.69) is 90.1 Å². The Bertz CT molecular complexity index is 1990. The van der Waals surface area contributed by atoms with Crippen molar-refractivity contribution in [3.8, 4) is 0 Å². The molecule has 1 aliphatic rings. The summed E-state index contributed by atoms with van der Waals surface area (Å²) >= 11 is 0. The van der Waals surface area contributed by atoms with E-state index < -0.39 is 0 Å². The van der Waals surface area contributed by atoms with E-state index in [1.807, 2.05) is 0 Å². The number of aryl methyl sites for hydroxylation is 2. The molecule has 0 spiro atoms. The summed E-state index contributed by atoms with van der Waals surface area (Å²) in [5.41, 5.74) is 21.5. The van der Waals surface area contributed by atoms with E-state index in [4.69, 9.17) is 13.2 Å². The van der Waals surface area contributed by atoms with E-state index >= 15 is 0 Å². The van der Waals surface area contributed by atoms with Gasteiger partial charge in [-0.15, -0.1) is 0 Å². The summed E-state index contributed by atoms with van der Waals surface area (Å²) < 4.78 is 1.55. The van der Waals surface area contributed by atoms with E-state index in [-0.39, 0.29) is 16.5 Å². The topological polar surface area (TPSA) is 25.3 Å². The second-order valence-electron chi connectivity index (χ2n) is 29.8. The van der Waals surface area contributed by atoms with Crippen molar-refractivity contribution in [1.82, 2.24) is 0 Å². The van der Waals surface area contributed by atoms with Crippen molar-refractivity contribution in [2.45, 2.75) is 472 Å². The quantitative estimate of drug-likeness (QED) is 0.0273. The minimum atomic E-state index is 0. The molecule has 0 amide bonds. The molecule has 1 heterocycles. The van der Waals surface area contributed by atoms with Crippen molar-refractivity contribution in [3.05, 3.63) is 113 Å². The van der Waals surface area contributed by atoms with E-state index in [1.165, 1.54) is 401 Å². The Morgan fingerprint density at radius 2 is 0.469 bits per heavy atom. The summed E-state index contributed by atoms with van der Waals surface area (Å²) in [7, 11) is 0. The molecule has 3 heteroatoms. The van der Waals surface area contributed by atoms with Crippen LogP contribution in [0.4, 0.5) is 0 Å². The summed E-state index contributed by atoms with van der Waals surface area (Å²) in [6.45, 7) is 24.4. The molecule has 0 saturated heterocycles. The molecule has 2 aromatic rings. The molecule has 0 aromatic heterocycles. The largest absolute Gasteiger partial charge is 2.00 e. The van der Waals surface area contributed by atoms with E-state index in [9.17, 15) is 5.53 Å². The number of unbranched alkanes of at least 4 members (excludes halogenated alkanes) is 59. The van der Waals surface area contributed by atoms with Crippen LogP contribution in [-0.4, -0.2) is 4.70 Å². The predicted molar refractivity (Wildman–Crippen MR) is 430 cm³/mol. The van der Waals surface area contributed by atoms with Crippen LogP contribution in [0.2, 0.25) is 0 Å². The predicted octanol–water partition coefficient (Wildman–Crippen LogP) is 33.4. The fourth-order valence-corrected chi connectivity index (χ4v) is 14.4. The van der Waals surface area contributed by atoms with E-state index in [0.717, 1.165) is 73.9 Å². The third kappa shape index (κ3) is 55.2.